The van der Waals surface area contributed by atoms with E-state index in [0.717, 1.165) is 25.9 Å². The highest BCUT2D eigenvalue weighted by atomic mass is 16.3. The summed E-state index contributed by atoms with van der Waals surface area (Å²) in [7, 11) is 0. The Bertz CT molecular complexity index is 455. The van der Waals surface area contributed by atoms with Crippen LogP contribution in [0.3, 0.4) is 0 Å². The van der Waals surface area contributed by atoms with Crippen molar-refractivity contribution in [1.82, 2.24) is 5.32 Å². The van der Waals surface area contributed by atoms with Crippen molar-refractivity contribution in [3.63, 3.8) is 0 Å². The third-order valence-corrected chi connectivity index (χ3v) is 3.14. The quantitative estimate of drug-likeness (QED) is 0.746. The van der Waals surface area contributed by atoms with Crippen LogP contribution >= 0.6 is 0 Å². The second-order valence-corrected chi connectivity index (χ2v) is 4.79. The van der Waals surface area contributed by atoms with Gasteiger partial charge in [-0.05, 0) is 30.5 Å². The van der Waals surface area contributed by atoms with Crippen LogP contribution in [0.15, 0.2) is 60.7 Å². The summed E-state index contributed by atoms with van der Waals surface area (Å²) in [5.74, 6) is 0. The Hall–Kier alpha value is -1.64. The fraction of sp³-hybridized carbons (Fsp3) is 0.294. The molecule has 0 bridgehead atoms. The molecule has 2 N–H and O–H groups in total. The second kappa shape index (κ2) is 7.72. The summed E-state index contributed by atoms with van der Waals surface area (Å²) < 4.78 is 0. The summed E-state index contributed by atoms with van der Waals surface area (Å²) in [5.41, 5.74) is 2.47. The van der Waals surface area contributed by atoms with E-state index in [-0.39, 0.29) is 6.10 Å². The predicted molar refractivity (Wildman–Crippen MR) is 78.9 cm³/mol. The van der Waals surface area contributed by atoms with Crippen LogP contribution in [-0.4, -0.2) is 17.8 Å². The van der Waals surface area contributed by atoms with E-state index in [1.54, 1.807) is 0 Å². The van der Waals surface area contributed by atoms with Crippen molar-refractivity contribution in [3.8, 4) is 0 Å². The van der Waals surface area contributed by atoms with E-state index < -0.39 is 0 Å². The molecule has 0 aliphatic heterocycles. The van der Waals surface area contributed by atoms with Crippen molar-refractivity contribution in [2.45, 2.75) is 25.5 Å². The fourth-order valence-electron chi connectivity index (χ4n) is 2.09. The number of rotatable bonds is 7. The van der Waals surface area contributed by atoms with E-state index in [2.05, 4.69) is 29.6 Å². The maximum atomic E-state index is 9.96. The minimum absolute atomic E-state index is 0.273. The van der Waals surface area contributed by atoms with Gasteiger partial charge in [0.2, 0.25) is 0 Å². The average molecular weight is 255 g/mol. The summed E-state index contributed by atoms with van der Waals surface area (Å²) in [6.45, 7) is 1.70. The maximum absolute atomic E-state index is 9.96. The van der Waals surface area contributed by atoms with Crippen LogP contribution < -0.4 is 5.32 Å². The Balaban J connectivity index is 1.63. The van der Waals surface area contributed by atoms with E-state index in [9.17, 15) is 5.11 Å². The van der Waals surface area contributed by atoms with Crippen molar-refractivity contribution in [1.29, 1.82) is 0 Å². The third kappa shape index (κ3) is 5.25. The lowest BCUT2D eigenvalue weighted by molar-refractivity contribution is 0.164. The topological polar surface area (TPSA) is 32.3 Å². The minimum Gasteiger partial charge on any atom is -0.393 e. The molecule has 0 spiro atoms. The lowest BCUT2D eigenvalue weighted by Crippen LogP contribution is -2.21. The molecule has 0 radical (unpaired) electrons. The molecule has 2 aromatic rings. The molecule has 100 valence electrons. The van der Waals surface area contributed by atoms with E-state index in [1.807, 2.05) is 36.4 Å². The van der Waals surface area contributed by atoms with Crippen molar-refractivity contribution in [2.24, 2.45) is 0 Å². The number of nitrogens with one attached hydrogen (secondary N) is 1. The summed E-state index contributed by atoms with van der Waals surface area (Å²) in [6.07, 6.45) is 1.24. The van der Waals surface area contributed by atoms with Crippen molar-refractivity contribution >= 4 is 0 Å². The van der Waals surface area contributed by atoms with Gasteiger partial charge in [0.1, 0.15) is 0 Å². The molecule has 0 heterocycles. The highest BCUT2D eigenvalue weighted by Crippen LogP contribution is 2.05. The van der Waals surface area contributed by atoms with Gasteiger partial charge in [-0.2, -0.15) is 0 Å². The molecule has 0 aliphatic rings. The zero-order valence-corrected chi connectivity index (χ0v) is 11.1. The van der Waals surface area contributed by atoms with Gasteiger partial charge in [0.05, 0.1) is 6.10 Å². The first-order valence-corrected chi connectivity index (χ1v) is 6.81. The molecule has 2 heteroatoms. The minimum atomic E-state index is -0.273. The Morgan fingerprint density at radius 2 is 1.42 bits per heavy atom. The molecule has 2 rings (SSSR count). The molecule has 0 saturated heterocycles. The molecule has 2 aromatic carbocycles. The molecule has 2 nitrogen and oxygen atoms in total. The van der Waals surface area contributed by atoms with Gasteiger partial charge in [-0.25, -0.2) is 0 Å². The predicted octanol–water partition coefficient (Wildman–Crippen LogP) is 2.77. The van der Waals surface area contributed by atoms with Crippen LogP contribution in [0.5, 0.6) is 0 Å². The van der Waals surface area contributed by atoms with Crippen LogP contribution in [0.4, 0.5) is 0 Å². The van der Waals surface area contributed by atoms with Gasteiger partial charge < -0.3 is 10.4 Å². The number of aliphatic hydroxyl groups is 1. The molecule has 0 aromatic heterocycles. The second-order valence-electron chi connectivity index (χ2n) is 4.79. The van der Waals surface area contributed by atoms with E-state index in [1.165, 1.54) is 11.1 Å². The zero-order chi connectivity index (χ0) is 13.3. The molecular formula is C17H21NO. The fourth-order valence-corrected chi connectivity index (χ4v) is 2.09. The highest BCUT2D eigenvalue weighted by molar-refractivity contribution is 5.15. The monoisotopic (exact) mass is 255 g/mol. The standard InChI is InChI=1S/C17H21NO/c19-17(13-15-7-3-1-4-8-15)11-12-18-14-16-9-5-2-6-10-16/h1-10,17-19H,11-14H2. The third-order valence-electron chi connectivity index (χ3n) is 3.14. The number of hydrogen-bond acceptors (Lipinski definition) is 2. The van der Waals surface area contributed by atoms with Gasteiger partial charge in [0, 0.05) is 6.54 Å². The van der Waals surface area contributed by atoms with Crippen LogP contribution in [-0.2, 0) is 13.0 Å². The number of benzene rings is 2. The largest absolute Gasteiger partial charge is 0.393 e. The van der Waals surface area contributed by atoms with E-state index in [4.69, 9.17) is 0 Å². The first-order chi connectivity index (χ1) is 9.34. The van der Waals surface area contributed by atoms with Gasteiger partial charge >= 0.3 is 0 Å². The Morgan fingerprint density at radius 1 is 0.842 bits per heavy atom. The number of aliphatic hydroxyl groups excluding tert-OH is 1. The molecular weight excluding hydrogens is 234 g/mol. The smallest absolute Gasteiger partial charge is 0.0592 e. The van der Waals surface area contributed by atoms with Crippen molar-refractivity contribution < 1.29 is 5.11 Å². The van der Waals surface area contributed by atoms with Gasteiger partial charge in [0.15, 0.2) is 0 Å². The van der Waals surface area contributed by atoms with Gasteiger partial charge in [0.25, 0.3) is 0 Å². The summed E-state index contributed by atoms with van der Waals surface area (Å²) >= 11 is 0. The lowest BCUT2D eigenvalue weighted by atomic mass is 10.1. The van der Waals surface area contributed by atoms with Crippen LogP contribution in [0.1, 0.15) is 17.5 Å². The molecule has 1 atom stereocenters. The molecule has 0 aliphatic carbocycles. The summed E-state index contributed by atoms with van der Waals surface area (Å²) in [4.78, 5) is 0. The highest BCUT2D eigenvalue weighted by Gasteiger charge is 2.04. The molecule has 0 amide bonds. The molecule has 0 saturated carbocycles. The van der Waals surface area contributed by atoms with E-state index >= 15 is 0 Å². The van der Waals surface area contributed by atoms with Crippen LogP contribution in [0, 0.1) is 0 Å². The molecule has 1 unspecified atom stereocenters. The Kier molecular flexibility index (Phi) is 5.60. The first-order valence-electron chi connectivity index (χ1n) is 6.81. The summed E-state index contributed by atoms with van der Waals surface area (Å²) in [6, 6.07) is 20.4. The van der Waals surface area contributed by atoms with E-state index in [0.29, 0.717) is 0 Å². The van der Waals surface area contributed by atoms with Crippen molar-refractivity contribution in [3.05, 3.63) is 71.8 Å². The SMILES string of the molecule is OC(CCNCc1ccccc1)Cc1ccccc1. The van der Waals surface area contributed by atoms with Gasteiger partial charge in [-0.1, -0.05) is 60.7 Å². The summed E-state index contributed by atoms with van der Waals surface area (Å²) in [5, 5.41) is 13.3. The lowest BCUT2D eigenvalue weighted by Gasteiger charge is -2.11. The Morgan fingerprint density at radius 3 is 2.05 bits per heavy atom. The van der Waals surface area contributed by atoms with Gasteiger partial charge in [-0.3, -0.25) is 0 Å². The van der Waals surface area contributed by atoms with Crippen molar-refractivity contribution in [2.75, 3.05) is 6.54 Å². The van der Waals surface area contributed by atoms with Crippen LogP contribution in [0.25, 0.3) is 0 Å². The van der Waals surface area contributed by atoms with Gasteiger partial charge in [-0.15, -0.1) is 0 Å². The maximum Gasteiger partial charge on any atom is 0.0592 e. The number of hydrogen-bond donors (Lipinski definition) is 2. The normalized spacial score (nSPS) is 12.3. The zero-order valence-electron chi connectivity index (χ0n) is 11.1. The molecule has 19 heavy (non-hydrogen) atoms. The first kappa shape index (κ1) is 13.8. The molecule has 0 fully saturated rings. The van der Waals surface area contributed by atoms with Crippen LogP contribution in [0.2, 0.25) is 0 Å². The average Bonchev–Trinajstić information content (AvgIpc) is 2.46. The Labute approximate surface area is 115 Å².